The molecule has 0 saturated heterocycles. The van der Waals surface area contributed by atoms with Gasteiger partial charge in [-0.05, 0) is 23.6 Å². The Labute approximate surface area is 107 Å². The average molecular weight is 281 g/mol. The van der Waals surface area contributed by atoms with Crippen molar-refractivity contribution in [3.8, 4) is 5.75 Å². The van der Waals surface area contributed by atoms with Crippen LogP contribution in [0.2, 0.25) is 0 Å². The maximum absolute atomic E-state index is 13.4. The second-order valence-electron chi connectivity index (χ2n) is 3.60. The smallest absolute Gasteiger partial charge is 0.403 e. The quantitative estimate of drug-likeness (QED) is 0.672. The summed E-state index contributed by atoms with van der Waals surface area (Å²) in [6.07, 6.45) is -4.91. The molecule has 1 aromatic carbocycles. The molecule has 0 saturated carbocycles. The number of rotatable bonds is 3. The summed E-state index contributed by atoms with van der Waals surface area (Å²) >= 11 is 3.96. The van der Waals surface area contributed by atoms with E-state index in [2.05, 4.69) is 17.4 Å². The third-order valence-electron chi connectivity index (χ3n) is 2.06. The molecule has 0 amide bonds. The Morgan fingerprint density at radius 3 is 2.33 bits per heavy atom. The molecule has 0 unspecified atom stereocenters. The molecule has 0 aromatic heterocycles. The fourth-order valence-electron chi connectivity index (χ4n) is 1.32. The molecule has 100 valence electrons. The summed E-state index contributed by atoms with van der Waals surface area (Å²) in [5, 5.41) is 1.43. The van der Waals surface area contributed by atoms with Crippen LogP contribution in [0.3, 0.4) is 0 Å². The van der Waals surface area contributed by atoms with Gasteiger partial charge in [0.1, 0.15) is 0 Å². The van der Waals surface area contributed by atoms with Crippen molar-refractivity contribution in [2.24, 2.45) is 0 Å². The highest BCUT2D eigenvalue weighted by Gasteiger charge is 2.32. The number of nitrogens with zero attached hydrogens (tertiary/aromatic N) is 1. The molecule has 0 aliphatic heterocycles. The van der Waals surface area contributed by atoms with E-state index >= 15 is 0 Å². The summed E-state index contributed by atoms with van der Waals surface area (Å²) in [6.45, 7) is 0. The van der Waals surface area contributed by atoms with Crippen LogP contribution in [0.15, 0.2) is 23.6 Å². The van der Waals surface area contributed by atoms with Crippen LogP contribution in [0.4, 0.5) is 17.6 Å². The zero-order chi connectivity index (χ0) is 13.9. The minimum absolute atomic E-state index is 0.405. The monoisotopic (exact) mass is 281 g/mol. The summed E-state index contributed by atoms with van der Waals surface area (Å²) in [5.41, 5.74) is 0.970. The molecule has 0 radical (unpaired) electrons. The Bertz CT molecular complexity index is 457. The average Bonchev–Trinajstić information content (AvgIpc) is 2.20. The van der Waals surface area contributed by atoms with Crippen molar-refractivity contribution < 1.29 is 22.3 Å². The zero-order valence-corrected chi connectivity index (χ0v) is 10.5. The molecule has 0 aliphatic carbocycles. The molecular formula is C11H11F4NOS. The van der Waals surface area contributed by atoms with Gasteiger partial charge in [-0.25, -0.2) is 4.39 Å². The Kier molecular flexibility index (Phi) is 4.50. The van der Waals surface area contributed by atoms with Crippen molar-refractivity contribution in [1.29, 1.82) is 0 Å². The second-order valence-corrected chi connectivity index (χ2v) is 3.86. The first-order valence-electron chi connectivity index (χ1n) is 4.82. The summed E-state index contributed by atoms with van der Waals surface area (Å²) < 4.78 is 52.8. The van der Waals surface area contributed by atoms with Crippen LogP contribution in [0, 0.1) is 5.82 Å². The number of benzene rings is 1. The van der Waals surface area contributed by atoms with E-state index in [0.29, 0.717) is 11.3 Å². The lowest BCUT2D eigenvalue weighted by molar-refractivity contribution is -0.275. The van der Waals surface area contributed by atoms with E-state index in [-0.39, 0.29) is 0 Å². The maximum atomic E-state index is 13.4. The molecule has 18 heavy (non-hydrogen) atoms. The lowest BCUT2D eigenvalue weighted by Crippen LogP contribution is -2.18. The topological polar surface area (TPSA) is 12.5 Å². The third-order valence-corrected chi connectivity index (χ3v) is 2.30. The van der Waals surface area contributed by atoms with E-state index in [1.165, 1.54) is 11.5 Å². The van der Waals surface area contributed by atoms with E-state index in [1.54, 1.807) is 19.0 Å². The van der Waals surface area contributed by atoms with E-state index in [4.69, 9.17) is 0 Å². The SMILES string of the molecule is CN(C)/C(=C\S)c1ccc(OC(F)(F)F)c(F)c1. The van der Waals surface area contributed by atoms with Crippen LogP contribution in [-0.4, -0.2) is 25.4 Å². The largest absolute Gasteiger partial charge is 0.573 e. The molecular weight excluding hydrogens is 270 g/mol. The molecule has 0 aliphatic rings. The van der Waals surface area contributed by atoms with E-state index in [1.807, 2.05) is 0 Å². The summed E-state index contributed by atoms with van der Waals surface area (Å²) in [6, 6.07) is 3.22. The fraction of sp³-hybridized carbons (Fsp3) is 0.273. The van der Waals surface area contributed by atoms with Gasteiger partial charge in [0.15, 0.2) is 11.6 Å². The highest BCUT2D eigenvalue weighted by Crippen LogP contribution is 2.28. The van der Waals surface area contributed by atoms with Gasteiger partial charge in [0.25, 0.3) is 0 Å². The Morgan fingerprint density at radius 2 is 1.94 bits per heavy atom. The summed E-state index contributed by atoms with van der Waals surface area (Å²) in [7, 11) is 3.42. The van der Waals surface area contributed by atoms with E-state index in [0.717, 1.165) is 12.1 Å². The van der Waals surface area contributed by atoms with Gasteiger partial charge in [0, 0.05) is 25.4 Å². The van der Waals surface area contributed by atoms with E-state index in [9.17, 15) is 17.6 Å². The van der Waals surface area contributed by atoms with E-state index < -0.39 is 17.9 Å². The molecule has 0 bridgehead atoms. The number of alkyl halides is 3. The zero-order valence-electron chi connectivity index (χ0n) is 9.62. The second kappa shape index (κ2) is 5.51. The van der Waals surface area contributed by atoms with Crippen LogP contribution in [-0.2, 0) is 0 Å². The molecule has 0 spiro atoms. The Balaban J connectivity index is 3.06. The van der Waals surface area contributed by atoms with Crippen molar-refractivity contribution in [2.45, 2.75) is 6.36 Å². The minimum Gasteiger partial charge on any atom is -0.403 e. The minimum atomic E-state index is -4.91. The van der Waals surface area contributed by atoms with Gasteiger partial charge in [-0.2, -0.15) is 0 Å². The van der Waals surface area contributed by atoms with Crippen LogP contribution in [0.5, 0.6) is 5.75 Å². The molecule has 1 rings (SSSR count). The lowest BCUT2D eigenvalue weighted by Gasteiger charge is -2.17. The standard InChI is InChI=1S/C11H11F4NOS/c1-16(2)9(6-18)7-3-4-10(8(12)5-7)17-11(13,14)15/h3-6,18H,1-2H3/b9-6-. The fourth-order valence-corrected chi connectivity index (χ4v) is 1.70. The number of ether oxygens (including phenoxy) is 1. The predicted molar refractivity (Wildman–Crippen MR) is 63.7 cm³/mol. The van der Waals surface area contributed by atoms with Gasteiger partial charge < -0.3 is 9.64 Å². The highest BCUT2D eigenvalue weighted by molar-refractivity contribution is 7.83. The molecule has 1 aromatic rings. The van der Waals surface area contributed by atoms with Gasteiger partial charge in [-0.1, -0.05) is 0 Å². The first kappa shape index (κ1) is 14.7. The van der Waals surface area contributed by atoms with Crippen molar-refractivity contribution in [2.75, 3.05) is 14.1 Å². The highest BCUT2D eigenvalue weighted by atomic mass is 32.1. The van der Waals surface area contributed by atoms with Crippen molar-refractivity contribution >= 4 is 18.3 Å². The number of hydrogen-bond acceptors (Lipinski definition) is 3. The summed E-state index contributed by atoms with van der Waals surface area (Å²) in [4.78, 5) is 1.66. The van der Waals surface area contributed by atoms with Gasteiger partial charge >= 0.3 is 6.36 Å². The third kappa shape index (κ3) is 3.83. The van der Waals surface area contributed by atoms with Crippen LogP contribution < -0.4 is 4.74 Å². The molecule has 0 N–H and O–H groups in total. The molecule has 0 atom stereocenters. The van der Waals surface area contributed by atoms with Gasteiger partial charge in [0.05, 0.1) is 0 Å². The van der Waals surface area contributed by atoms with Gasteiger partial charge in [-0.15, -0.1) is 25.8 Å². The molecule has 2 nitrogen and oxygen atoms in total. The molecule has 7 heteroatoms. The first-order valence-corrected chi connectivity index (χ1v) is 5.33. The number of thiol groups is 1. The predicted octanol–water partition coefficient (Wildman–Crippen LogP) is 3.51. The van der Waals surface area contributed by atoms with Crippen molar-refractivity contribution in [1.82, 2.24) is 4.90 Å². The molecule has 0 heterocycles. The summed E-state index contributed by atoms with van der Waals surface area (Å²) in [5.74, 6) is -1.94. The van der Waals surface area contributed by atoms with Crippen LogP contribution in [0.25, 0.3) is 5.70 Å². The van der Waals surface area contributed by atoms with Gasteiger partial charge in [0.2, 0.25) is 0 Å². The molecule has 0 fully saturated rings. The van der Waals surface area contributed by atoms with Crippen LogP contribution >= 0.6 is 12.6 Å². The normalized spacial score (nSPS) is 12.5. The Hall–Kier alpha value is -1.37. The number of hydrogen-bond donors (Lipinski definition) is 1. The van der Waals surface area contributed by atoms with Crippen molar-refractivity contribution in [3.05, 3.63) is 35.0 Å². The first-order chi connectivity index (χ1) is 8.24. The van der Waals surface area contributed by atoms with Crippen molar-refractivity contribution in [3.63, 3.8) is 0 Å². The Morgan fingerprint density at radius 1 is 1.33 bits per heavy atom. The van der Waals surface area contributed by atoms with Crippen LogP contribution in [0.1, 0.15) is 5.56 Å². The van der Waals surface area contributed by atoms with Gasteiger partial charge in [-0.3, -0.25) is 0 Å². The maximum Gasteiger partial charge on any atom is 0.573 e. The lowest BCUT2D eigenvalue weighted by atomic mass is 10.1. The number of halogens is 4.